The van der Waals surface area contributed by atoms with E-state index in [0.29, 0.717) is 12.8 Å². The summed E-state index contributed by atoms with van der Waals surface area (Å²) in [4.78, 5) is 12.4. The lowest BCUT2D eigenvalue weighted by Crippen LogP contribution is -2.50. The van der Waals surface area contributed by atoms with E-state index in [1.807, 2.05) is 0 Å². The summed E-state index contributed by atoms with van der Waals surface area (Å²) in [6.07, 6.45) is 41.7. The predicted octanol–water partition coefficient (Wildman–Crippen LogP) is 11.3. The molecule has 0 aromatic heterocycles. The molecule has 5 nitrogen and oxygen atoms in total. The lowest BCUT2D eigenvalue weighted by atomic mass is 10.0. The average molecular weight is 652 g/mol. The van der Waals surface area contributed by atoms with Gasteiger partial charge in [0.2, 0.25) is 5.91 Å². The molecular formula is C41H81NO4. The molecule has 0 radical (unpaired) electrons. The van der Waals surface area contributed by atoms with Gasteiger partial charge in [-0.1, -0.05) is 187 Å². The van der Waals surface area contributed by atoms with Gasteiger partial charge in [0.05, 0.1) is 18.8 Å². The second-order valence-corrected chi connectivity index (χ2v) is 14.2. The Hall–Kier alpha value is -0.910. The van der Waals surface area contributed by atoms with Crippen LogP contribution in [0.15, 0.2) is 12.2 Å². The second-order valence-electron chi connectivity index (χ2n) is 14.2. The highest BCUT2D eigenvalue weighted by atomic mass is 16.3. The highest BCUT2D eigenvalue weighted by Gasteiger charge is 2.26. The maximum Gasteiger partial charge on any atom is 0.220 e. The van der Waals surface area contributed by atoms with E-state index in [4.69, 9.17) is 0 Å². The van der Waals surface area contributed by atoms with Gasteiger partial charge in [-0.2, -0.15) is 0 Å². The smallest absolute Gasteiger partial charge is 0.220 e. The molecule has 0 aliphatic heterocycles. The first-order valence-electron chi connectivity index (χ1n) is 20.5. The van der Waals surface area contributed by atoms with Crippen LogP contribution in [-0.2, 0) is 4.79 Å². The fraction of sp³-hybridized carbons (Fsp3) is 0.927. The number of allylic oxidation sites excluding steroid dienone is 2. The van der Waals surface area contributed by atoms with Gasteiger partial charge in [-0.05, 0) is 38.5 Å². The van der Waals surface area contributed by atoms with Crippen molar-refractivity contribution in [3.63, 3.8) is 0 Å². The number of hydrogen-bond acceptors (Lipinski definition) is 4. The van der Waals surface area contributed by atoms with Crippen LogP contribution in [0, 0.1) is 0 Å². The Morgan fingerprint density at radius 3 is 1.26 bits per heavy atom. The second kappa shape index (κ2) is 36.9. The molecule has 46 heavy (non-hydrogen) atoms. The molecule has 3 unspecified atom stereocenters. The third kappa shape index (κ3) is 31.7. The van der Waals surface area contributed by atoms with Crippen molar-refractivity contribution in [2.75, 3.05) is 6.61 Å². The molecule has 1 amide bonds. The largest absolute Gasteiger partial charge is 0.394 e. The lowest BCUT2D eigenvalue weighted by Gasteiger charge is -2.26. The molecule has 0 spiro atoms. The van der Waals surface area contributed by atoms with Crippen molar-refractivity contribution in [1.82, 2.24) is 5.32 Å². The van der Waals surface area contributed by atoms with E-state index in [0.717, 1.165) is 38.5 Å². The van der Waals surface area contributed by atoms with Crippen molar-refractivity contribution in [3.05, 3.63) is 12.2 Å². The first kappa shape index (κ1) is 45.1. The van der Waals surface area contributed by atoms with Crippen molar-refractivity contribution in [2.24, 2.45) is 0 Å². The summed E-state index contributed by atoms with van der Waals surface area (Å²) >= 11 is 0. The zero-order valence-electron chi connectivity index (χ0n) is 31.0. The van der Waals surface area contributed by atoms with E-state index in [9.17, 15) is 20.1 Å². The topological polar surface area (TPSA) is 89.8 Å². The Balaban J connectivity index is 3.62. The zero-order chi connectivity index (χ0) is 33.8. The maximum atomic E-state index is 12.4. The lowest BCUT2D eigenvalue weighted by molar-refractivity contribution is -0.124. The fourth-order valence-electron chi connectivity index (χ4n) is 6.40. The number of aliphatic hydroxyl groups is 3. The van der Waals surface area contributed by atoms with Crippen LogP contribution < -0.4 is 5.32 Å². The van der Waals surface area contributed by atoms with Gasteiger partial charge in [-0.25, -0.2) is 0 Å². The first-order valence-corrected chi connectivity index (χ1v) is 20.5. The summed E-state index contributed by atoms with van der Waals surface area (Å²) in [5, 5.41) is 33.4. The van der Waals surface area contributed by atoms with Crippen LogP contribution in [-0.4, -0.2) is 46.1 Å². The third-order valence-corrected chi connectivity index (χ3v) is 9.62. The summed E-state index contributed by atoms with van der Waals surface area (Å²) in [7, 11) is 0. The van der Waals surface area contributed by atoms with Gasteiger partial charge in [-0.15, -0.1) is 0 Å². The van der Waals surface area contributed by atoms with Crippen molar-refractivity contribution < 1.29 is 20.1 Å². The number of carbonyl (C=O) groups is 1. The van der Waals surface area contributed by atoms with Crippen molar-refractivity contribution in [1.29, 1.82) is 0 Å². The normalized spacial score (nSPS) is 13.8. The monoisotopic (exact) mass is 652 g/mol. The Bertz CT molecular complexity index is 640. The Kier molecular flexibility index (Phi) is 36.2. The van der Waals surface area contributed by atoms with Crippen LogP contribution in [0.3, 0.4) is 0 Å². The van der Waals surface area contributed by atoms with E-state index < -0.39 is 18.2 Å². The molecule has 5 heteroatoms. The van der Waals surface area contributed by atoms with Gasteiger partial charge < -0.3 is 20.6 Å². The van der Waals surface area contributed by atoms with Crippen LogP contribution in [0.1, 0.15) is 219 Å². The molecule has 0 rings (SSSR count). The number of unbranched alkanes of at least 4 members (excludes halogenated alkanes) is 27. The number of hydrogen-bond donors (Lipinski definition) is 4. The molecular weight excluding hydrogens is 570 g/mol. The molecule has 0 saturated carbocycles. The van der Waals surface area contributed by atoms with Gasteiger partial charge in [0.15, 0.2) is 0 Å². The minimum atomic E-state index is -1.15. The van der Waals surface area contributed by atoms with Crippen LogP contribution in [0.4, 0.5) is 0 Å². The number of carbonyl (C=O) groups excluding carboxylic acids is 1. The molecule has 0 aromatic carbocycles. The molecule has 0 saturated heterocycles. The van der Waals surface area contributed by atoms with Gasteiger partial charge in [-0.3, -0.25) is 4.79 Å². The molecule has 274 valence electrons. The van der Waals surface area contributed by atoms with Gasteiger partial charge in [0.1, 0.15) is 6.10 Å². The summed E-state index contributed by atoms with van der Waals surface area (Å²) in [5.74, 6) is -0.152. The summed E-state index contributed by atoms with van der Waals surface area (Å²) < 4.78 is 0. The molecule has 0 aromatic rings. The summed E-state index contributed by atoms with van der Waals surface area (Å²) in [5.41, 5.74) is 0. The Labute approximate surface area is 287 Å². The van der Waals surface area contributed by atoms with Crippen LogP contribution in [0.25, 0.3) is 0 Å². The van der Waals surface area contributed by atoms with Gasteiger partial charge >= 0.3 is 0 Å². The average Bonchev–Trinajstić information content (AvgIpc) is 3.06. The van der Waals surface area contributed by atoms with E-state index in [-0.39, 0.29) is 12.5 Å². The van der Waals surface area contributed by atoms with Crippen LogP contribution >= 0.6 is 0 Å². The van der Waals surface area contributed by atoms with Crippen molar-refractivity contribution in [2.45, 2.75) is 238 Å². The van der Waals surface area contributed by atoms with E-state index in [1.165, 1.54) is 154 Å². The third-order valence-electron chi connectivity index (χ3n) is 9.62. The maximum absolute atomic E-state index is 12.4. The van der Waals surface area contributed by atoms with Crippen LogP contribution in [0.2, 0.25) is 0 Å². The summed E-state index contributed by atoms with van der Waals surface area (Å²) in [6, 6.07) is -0.819. The SMILES string of the molecule is CCCCCCCCCC=CCCCC(O)C(O)C(CO)NC(=O)CCCCCCCCCCCCCCCCCCCCCC. The molecule has 0 bridgehead atoms. The van der Waals surface area contributed by atoms with Crippen molar-refractivity contribution >= 4 is 5.91 Å². The highest BCUT2D eigenvalue weighted by molar-refractivity contribution is 5.76. The van der Waals surface area contributed by atoms with E-state index >= 15 is 0 Å². The molecule has 0 aliphatic carbocycles. The predicted molar refractivity (Wildman–Crippen MR) is 199 cm³/mol. The zero-order valence-corrected chi connectivity index (χ0v) is 31.0. The van der Waals surface area contributed by atoms with Gasteiger partial charge in [0, 0.05) is 6.42 Å². The molecule has 0 aliphatic rings. The minimum absolute atomic E-state index is 0.152. The van der Waals surface area contributed by atoms with Gasteiger partial charge in [0.25, 0.3) is 0 Å². The summed E-state index contributed by atoms with van der Waals surface area (Å²) in [6.45, 7) is 4.16. The first-order chi connectivity index (χ1) is 22.6. The number of rotatable bonds is 37. The van der Waals surface area contributed by atoms with Crippen LogP contribution in [0.5, 0.6) is 0 Å². The molecule has 0 heterocycles. The highest BCUT2D eigenvalue weighted by Crippen LogP contribution is 2.16. The number of aliphatic hydroxyl groups excluding tert-OH is 3. The molecule has 0 fully saturated rings. The van der Waals surface area contributed by atoms with E-state index in [2.05, 4.69) is 31.3 Å². The Morgan fingerprint density at radius 2 is 0.870 bits per heavy atom. The Morgan fingerprint density at radius 1 is 0.522 bits per heavy atom. The minimum Gasteiger partial charge on any atom is -0.394 e. The number of amides is 1. The fourth-order valence-corrected chi connectivity index (χ4v) is 6.40. The van der Waals surface area contributed by atoms with E-state index in [1.54, 1.807) is 0 Å². The molecule has 3 atom stereocenters. The quantitative estimate of drug-likeness (QED) is 0.0397. The van der Waals surface area contributed by atoms with Crippen molar-refractivity contribution in [3.8, 4) is 0 Å². The number of nitrogens with one attached hydrogen (secondary N) is 1. The standard InChI is InChI=1S/C41H81NO4/c1-3-5-7-9-11-13-15-17-18-19-20-21-22-23-24-26-28-30-32-34-36-40(45)42-38(37-43)41(46)39(44)35-33-31-29-27-25-16-14-12-10-8-6-4-2/h27,29,38-39,41,43-44,46H,3-26,28,30-37H2,1-2H3,(H,42,45). The molecule has 4 N–H and O–H groups in total.